The van der Waals surface area contributed by atoms with Crippen LogP contribution in [0.4, 0.5) is 0 Å². The van der Waals surface area contributed by atoms with Gasteiger partial charge in [0, 0.05) is 13.2 Å². The Bertz CT molecular complexity index is 508. The number of nitrogens with zero attached hydrogens (tertiary/aromatic N) is 3. The number of rotatable bonds is 2. The lowest BCUT2D eigenvalue weighted by Gasteiger charge is -2.32. The first-order valence-corrected chi connectivity index (χ1v) is 5.65. The lowest BCUT2D eigenvalue weighted by Crippen LogP contribution is -2.59. The average molecular weight is 250 g/mol. The first-order valence-electron chi connectivity index (χ1n) is 5.65. The Labute approximate surface area is 104 Å². The van der Waals surface area contributed by atoms with Gasteiger partial charge in [-0.2, -0.15) is 0 Å². The molecule has 1 atom stereocenters. The van der Waals surface area contributed by atoms with Gasteiger partial charge in [-0.15, -0.1) is 0 Å². The Balaban J connectivity index is 2.26. The molecule has 1 aliphatic heterocycles. The second-order valence-electron chi connectivity index (χ2n) is 4.19. The number of imidazole rings is 1. The molecule has 0 aromatic carbocycles. The monoisotopic (exact) mass is 250 g/mol. The summed E-state index contributed by atoms with van der Waals surface area (Å²) < 4.78 is 1.64. The SMILES string of the molecule is CCC1C(=O)NC(=O)CN1C(=O)c1cn(C)cn1. The van der Waals surface area contributed by atoms with E-state index in [0.29, 0.717) is 6.42 Å². The Hall–Kier alpha value is -2.18. The molecule has 7 nitrogen and oxygen atoms in total. The fraction of sp³-hybridized carbons (Fsp3) is 0.455. The number of piperazine rings is 1. The van der Waals surface area contributed by atoms with Crippen LogP contribution in [0.1, 0.15) is 23.8 Å². The molecule has 1 saturated heterocycles. The number of hydrogen-bond acceptors (Lipinski definition) is 4. The zero-order valence-corrected chi connectivity index (χ0v) is 10.2. The largest absolute Gasteiger partial charge is 0.340 e. The molecular weight excluding hydrogens is 236 g/mol. The van der Waals surface area contributed by atoms with Crippen molar-refractivity contribution < 1.29 is 14.4 Å². The molecule has 1 aromatic heterocycles. The molecule has 0 bridgehead atoms. The summed E-state index contributed by atoms with van der Waals surface area (Å²) in [5, 5.41) is 2.22. The van der Waals surface area contributed by atoms with Gasteiger partial charge in [-0.1, -0.05) is 6.92 Å². The molecular formula is C11H14N4O3. The first kappa shape index (κ1) is 12.3. The third-order valence-electron chi connectivity index (χ3n) is 2.83. The van der Waals surface area contributed by atoms with E-state index in [9.17, 15) is 14.4 Å². The zero-order valence-electron chi connectivity index (χ0n) is 10.2. The van der Waals surface area contributed by atoms with Crippen molar-refractivity contribution >= 4 is 17.7 Å². The van der Waals surface area contributed by atoms with E-state index in [1.165, 1.54) is 11.2 Å². The Morgan fingerprint density at radius 1 is 1.56 bits per heavy atom. The van der Waals surface area contributed by atoms with Crippen LogP contribution in [0.25, 0.3) is 0 Å². The highest BCUT2D eigenvalue weighted by molar-refractivity contribution is 6.06. The normalized spacial score (nSPS) is 19.9. The van der Waals surface area contributed by atoms with Gasteiger partial charge in [0.15, 0.2) is 0 Å². The Morgan fingerprint density at radius 3 is 2.83 bits per heavy atom. The highest BCUT2D eigenvalue weighted by atomic mass is 16.2. The number of amides is 3. The lowest BCUT2D eigenvalue weighted by atomic mass is 10.1. The summed E-state index contributed by atoms with van der Waals surface area (Å²) in [5.41, 5.74) is 0.235. The van der Waals surface area contributed by atoms with Crippen LogP contribution >= 0.6 is 0 Å². The fourth-order valence-electron chi connectivity index (χ4n) is 1.96. The summed E-state index contributed by atoms with van der Waals surface area (Å²) in [6.07, 6.45) is 3.52. The molecule has 7 heteroatoms. The molecule has 0 spiro atoms. The van der Waals surface area contributed by atoms with Crippen molar-refractivity contribution in [2.75, 3.05) is 6.54 Å². The summed E-state index contributed by atoms with van der Waals surface area (Å²) in [6.45, 7) is 1.68. The molecule has 1 unspecified atom stereocenters. The molecule has 1 aromatic rings. The second-order valence-corrected chi connectivity index (χ2v) is 4.19. The van der Waals surface area contributed by atoms with Gasteiger partial charge >= 0.3 is 0 Å². The van der Waals surface area contributed by atoms with Gasteiger partial charge < -0.3 is 9.47 Å². The molecule has 0 aliphatic carbocycles. The number of carbonyl (C=O) groups is 3. The van der Waals surface area contributed by atoms with Crippen LogP contribution in [0.3, 0.4) is 0 Å². The van der Waals surface area contributed by atoms with Crippen LogP contribution in [0.5, 0.6) is 0 Å². The number of aryl methyl sites for hydroxylation is 1. The van der Waals surface area contributed by atoms with Crippen LogP contribution in [0.15, 0.2) is 12.5 Å². The molecule has 96 valence electrons. The quantitative estimate of drug-likeness (QED) is 0.703. The second kappa shape index (κ2) is 4.59. The van der Waals surface area contributed by atoms with E-state index in [-0.39, 0.29) is 12.2 Å². The maximum Gasteiger partial charge on any atom is 0.275 e. The summed E-state index contributed by atoms with van der Waals surface area (Å²) in [7, 11) is 1.75. The van der Waals surface area contributed by atoms with Crippen molar-refractivity contribution in [1.82, 2.24) is 19.8 Å². The minimum Gasteiger partial charge on any atom is -0.340 e. The predicted octanol–water partition coefficient (Wildman–Crippen LogP) is -0.703. The van der Waals surface area contributed by atoms with Gasteiger partial charge in [-0.3, -0.25) is 19.7 Å². The van der Waals surface area contributed by atoms with Gasteiger partial charge in [-0.25, -0.2) is 4.98 Å². The zero-order chi connectivity index (χ0) is 13.3. The van der Waals surface area contributed by atoms with Crippen LogP contribution in [-0.2, 0) is 16.6 Å². The van der Waals surface area contributed by atoms with Crippen molar-refractivity contribution in [3.8, 4) is 0 Å². The molecule has 18 heavy (non-hydrogen) atoms. The third-order valence-corrected chi connectivity index (χ3v) is 2.83. The fourth-order valence-corrected chi connectivity index (χ4v) is 1.96. The highest BCUT2D eigenvalue weighted by Gasteiger charge is 2.36. The van der Waals surface area contributed by atoms with Gasteiger partial charge in [-0.05, 0) is 6.42 Å². The summed E-state index contributed by atoms with van der Waals surface area (Å²) in [4.78, 5) is 40.4. The topological polar surface area (TPSA) is 84.3 Å². The maximum atomic E-state index is 12.2. The number of hydrogen-bond donors (Lipinski definition) is 1. The first-order chi connectivity index (χ1) is 8.52. The summed E-state index contributed by atoms with van der Waals surface area (Å²) in [5.74, 6) is -1.29. The van der Waals surface area contributed by atoms with E-state index < -0.39 is 23.8 Å². The number of nitrogens with one attached hydrogen (secondary N) is 1. The van der Waals surface area contributed by atoms with Crippen LogP contribution < -0.4 is 5.32 Å². The van der Waals surface area contributed by atoms with E-state index in [4.69, 9.17) is 0 Å². The van der Waals surface area contributed by atoms with E-state index in [1.54, 1.807) is 24.7 Å². The minimum absolute atomic E-state index is 0.111. The van der Waals surface area contributed by atoms with Crippen molar-refractivity contribution in [3.63, 3.8) is 0 Å². The van der Waals surface area contributed by atoms with Crippen LogP contribution in [0, 0.1) is 0 Å². The molecule has 1 fully saturated rings. The molecule has 0 saturated carbocycles. The molecule has 3 amide bonds. The maximum absolute atomic E-state index is 12.2. The van der Waals surface area contributed by atoms with Gasteiger partial charge in [0.05, 0.1) is 6.33 Å². The number of aromatic nitrogens is 2. The van der Waals surface area contributed by atoms with E-state index in [0.717, 1.165) is 0 Å². The molecule has 1 aliphatic rings. The summed E-state index contributed by atoms with van der Waals surface area (Å²) in [6, 6.07) is -0.614. The molecule has 1 N–H and O–H groups in total. The lowest BCUT2D eigenvalue weighted by molar-refractivity contribution is -0.138. The van der Waals surface area contributed by atoms with Crippen LogP contribution in [0.2, 0.25) is 0 Å². The standard InChI is InChI=1S/C11H14N4O3/c1-3-8-10(17)13-9(16)5-15(8)11(18)7-4-14(2)6-12-7/h4,6,8H,3,5H2,1-2H3,(H,13,16,17). The van der Waals surface area contributed by atoms with Crippen molar-refractivity contribution in [1.29, 1.82) is 0 Å². The summed E-state index contributed by atoms with van der Waals surface area (Å²) >= 11 is 0. The van der Waals surface area contributed by atoms with Crippen LogP contribution in [-0.4, -0.2) is 44.8 Å². The van der Waals surface area contributed by atoms with Crippen molar-refractivity contribution in [3.05, 3.63) is 18.2 Å². The third kappa shape index (κ3) is 2.11. The minimum atomic E-state index is -0.614. The van der Waals surface area contributed by atoms with Gasteiger partial charge in [0.1, 0.15) is 18.3 Å². The Morgan fingerprint density at radius 2 is 2.28 bits per heavy atom. The average Bonchev–Trinajstić information content (AvgIpc) is 2.74. The van der Waals surface area contributed by atoms with Crippen molar-refractivity contribution in [2.45, 2.75) is 19.4 Å². The number of imide groups is 1. The van der Waals surface area contributed by atoms with E-state index >= 15 is 0 Å². The molecule has 2 rings (SSSR count). The van der Waals surface area contributed by atoms with Gasteiger partial charge in [0.25, 0.3) is 5.91 Å². The molecule has 0 radical (unpaired) electrons. The van der Waals surface area contributed by atoms with Crippen molar-refractivity contribution in [2.24, 2.45) is 7.05 Å². The number of carbonyl (C=O) groups excluding carboxylic acids is 3. The smallest absolute Gasteiger partial charge is 0.275 e. The highest BCUT2D eigenvalue weighted by Crippen LogP contribution is 2.12. The van der Waals surface area contributed by atoms with E-state index in [1.807, 2.05) is 0 Å². The Kier molecular flexibility index (Phi) is 3.14. The van der Waals surface area contributed by atoms with E-state index in [2.05, 4.69) is 10.3 Å². The predicted molar refractivity (Wildman–Crippen MR) is 61.5 cm³/mol. The molecule has 2 heterocycles. The van der Waals surface area contributed by atoms with Gasteiger partial charge in [0.2, 0.25) is 11.8 Å².